The molecule has 0 unspecified atom stereocenters. The van der Waals surface area contributed by atoms with E-state index in [2.05, 4.69) is 5.32 Å². The number of benzene rings is 2. The molecule has 26 heavy (non-hydrogen) atoms. The van der Waals surface area contributed by atoms with Gasteiger partial charge < -0.3 is 15.5 Å². The maximum Gasteiger partial charge on any atom is 0.419 e. The van der Waals surface area contributed by atoms with Gasteiger partial charge in [-0.3, -0.25) is 14.2 Å². The van der Waals surface area contributed by atoms with Gasteiger partial charge in [-0.15, -0.1) is 11.8 Å². The Bertz CT molecular complexity index is 1010. The number of amides is 2. The number of anilines is 1. The molecule has 0 saturated heterocycles. The number of rotatable bonds is 7. The van der Waals surface area contributed by atoms with Crippen molar-refractivity contribution in [2.24, 2.45) is 5.73 Å². The Morgan fingerprint density at radius 1 is 1.12 bits per heavy atom. The highest BCUT2D eigenvalue weighted by molar-refractivity contribution is 8.00. The van der Waals surface area contributed by atoms with Crippen molar-refractivity contribution in [3.05, 3.63) is 59.1 Å². The van der Waals surface area contributed by atoms with Crippen molar-refractivity contribution < 1.29 is 14.0 Å². The largest absolute Gasteiger partial charge is 0.419 e. The van der Waals surface area contributed by atoms with Crippen molar-refractivity contribution in [1.82, 2.24) is 4.57 Å². The first-order valence-electron chi connectivity index (χ1n) is 7.93. The topological polar surface area (TPSA) is 107 Å². The number of nitrogens with zero attached hydrogens (tertiary/aromatic N) is 1. The Balaban J connectivity index is 1.67. The van der Waals surface area contributed by atoms with E-state index in [0.29, 0.717) is 16.8 Å². The van der Waals surface area contributed by atoms with Crippen molar-refractivity contribution in [1.29, 1.82) is 0 Å². The number of fused-ring (bicyclic) bond motifs is 1. The van der Waals surface area contributed by atoms with Crippen LogP contribution in [-0.4, -0.2) is 22.1 Å². The highest BCUT2D eigenvalue weighted by Gasteiger charge is 2.12. The summed E-state index contributed by atoms with van der Waals surface area (Å²) in [5, 5.41) is 2.81. The third-order valence-electron chi connectivity index (χ3n) is 3.67. The lowest BCUT2D eigenvalue weighted by molar-refractivity contribution is -0.116. The minimum absolute atomic E-state index is 0.109. The number of nitrogens with two attached hydrogens (primary N) is 1. The zero-order valence-corrected chi connectivity index (χ0v) is 14.6. The molecule has 7 nitrogen and oxygen atoms in total. The lowest BCUT2D eigenvalue weighted by Crippen LogP contribution is -2.20. The van der Waals surface area contributed by atoms with Crippen LogP contribution in [0.4, 0.5) is 5.69 Å². The van der Waals surface area contributed by atoms with Crippen molar-refractivity contribution in [3.8, 4) is 0 Å². The number of hydrogen-bond acceptors (Lipinski definition) is 5. The molecule has 3 rings (SSSR count). The molecule has 0 fully saturated rings. The number of oxazole rings is 1. The van der Waals surface area contributed by atoms with Crippen LogP contribution in [0.25, 0.3) is 11.1 Å². The molecule has 0 bridgehead atoms. The van der Waals surface area contributed by atoms with Crippen LogP contribution >= 0.6 is 11.8 Å². The third kappa shape index (κ3) is 4.15. The first-order valence-corrected chi connectivity index (χ1v) is 8.91. The van der Waals surface area contributed by atoms with Crippen LogP contribution in [0, 0.1) is 0 Å². The lowest BCUT2D eigenvalue weighted by atomic mass is 10.3. The van der Waals surface area contributed by atoms with Crippen LogP contribution < -0.4 is 16.8 Å². The molecule has 8 heteroatoms. The summed E-state index contributed by atoms with van der Waals surface area (Å²) in [6.07, 6.45) is 0.109. The molecule has 1 heterocycles. The van der Waals surface area contributed by atoms with Crippen LogP contribution in [0.1, 0.15) is 6.42 Å². The summed E-state index contributed by atoms with van der Waals surface area (Å²) in [5.41, 5.74) is 6.92. The van der Waals surface area contributed by atoms with Gasteiger partial charge in [-0.2, -0.15) is 0 Å². The predicted molar refractivity (Wildman–Crippen MR) is 100 cm³/mol. The molecule has 0 radical (unpaired) electrons. The number of thioether (sulfide) groups is 1. The molecule has 0 aliphatic carbocycles. The molecule has 3 N–H and O–H groups in total. The Hall–Kier alpha value is -3.00. The molecule has 134 valence electrons. The fourth-order valence-electron chi connectivity index (χ4n) is 2.50. The van der Waals surface area contributed by atoms with Gasteiger partial charge in [0, 0.05) is 17.9 Å². The molecule has 0 aliphatic rings. The van der Waals surface area contributed by atoms with Gasteiger partial charge in [0.1, 0.15) is 0 Å². The summed E-state index contributed by atoms with van der Waals surface area (Å²) >= 11 is 1.26. The van der Waals surface area contributed by atoms with Crippen molar-refractivity contribution in [2.45, 2.75) is 17.9 Å². The second-order valence-electron chi connectivity index (χ2n) is 5.54. The maximum absolute atomic E-state index is 12.3. The van der Waals surface area contributed by atoms with Crippen LogP contribution in [0.2, 0.25) is 0 Å². The predicted octanol–water partition coefficient (Wildman–Crippen LogP) is 2.20. The van der Waals surface area contributed by atoms with Gasteiger partial charge in [0.15, 0.2) is 5.58 Å². The van der Waals surface area contributed by atoms with E-state index in [1.165, 1.54) is 16.3 Å². The summed E-state index contributed by atoms with van der Waals surface area (Å²) in [5.74, 6) is -1.03. The van der Waals surface area contributed by atoms with E-state index in [0.717, 1.165) is 4.90 Å². The zero-order chi connectivity index (χ0) is 18.5. The Morgan fingerprint density at radius 2 is 1.85 bits per heavy atom. The van der Waals surface area contributed by atoms with Crippen molar-refractivity contribution in [3.63, 3.8) is 0 Å². The average Bonchev–Trinajstić information content (AvgIpc) is 2.94. The second-order valence-corrected chi connectivity index (χ2v) is 6.55. The first-order chi connectivity index (χ1) is 12.5. The van der Waals surface area contributed by atoms with Gasteiger partial charge in [-0.05, 0) is 24.3 Å². The minimum Gasteiger partial charge on any atom is -0.408 e. The maximum atomic E-state index is 12.3. The molecule has 0 atom stereocenters. The number of carbonyl (C=O) groups excluding carboxylic acids is 2. The highest BCUT2D eigenvalue weighted by atomic mass is 32.2. The number of para-hydroxylation sites is 3. The number of aromatic nitrogens is 1. The quantitative estimate of drug-likeness (QED) is 0.619. The van der Waals surface area contributed by atoms with E-state index in [-0.39, 0.29) is 24.6 Å². The number of nitrogens with one attached hydrogen (secondary N) is 1. The van der Waals surface area contributed by atoms with Gasteiger partial charge in [0.2, 0.25) is 11.8 Å². The van der Waals surface area contributed by atoms with Gasteiger partial charge in [-0.25, -0.2) is 4.79 Å². The van der Waals surface area contributed by atoms with E-state index >= 15 is 0 Å². The highest BCUT2D eigenvalue weighted by Crippen LogP contribution is 2.26. The molecular weight excluding hydrogens is 354 g/mol. The molecule has 2 aromatic carbocycles. The Labute approximate surface area is 153 Å². The average molecular weight is 371 g/mol. The van der Waals surface area contributed by atoms with E-state index in [1.807, 2.05) is 6.07 Å². The first kappa shape index (κ1) is 17.8. The van der Waals surface area contributed by atoms with Crippen LogP contribution in [-0.2, 0) is 16.1 Å². The molecule has 0 saturated carbocycles. The number of aryl methyl sites for hydroxylation is 1. The normalized spacial score (nSPS) is 10.8. The smallest absolute Gasteiger partial charge is 0.408 e. The fourth-order valence-corrected chi connectivity index (χ4v) is 3.24. The zero-order valence-electron chi connectivity index (χ0n) is 13.8. The van der Waals surface area contributed by atoms with Gasteiger partial charge >= 0.3 is 5.76 Å². The van der Waals surface area contributed by atoms with E-state index in [1.54, 1.807) is 42.5 Å². The van der Waals surface area contributed by atoms with E-state index < -0.39 is 11.7 Å². The molecular formula is C18H17N3O4S. The van der Waals surface area contributed by atoms with Crippen molar-refractivity contribution in [2.75, 3.05) is 11.1 Å². The molecule has 1 aromatic heterocycles. The SMILES string of the molecule is NC(=O)CSc1ccccc1NC(=O)CCn1c(=O)oc2ccccc21. The van der Waals surface area contributed by atoms with Gasteiger partial charge in [0.05, 0.1) is 17.0 Å². The Morgan fingerprint density at radius 3 is 2.65 bits per heavy atom. The molecule has 0 aliphatic heterocycles. The number of hydrogen-bond donors (Lipinski definition) is 2. The summed E-state index contributed by atoms with van der Waals surface area (Å²) in [4.78, 5) is 35.9. The summed E-state index contributed by atoms with van der Waals surface area (Å²) in [7, 11) is 0. The summed E-state index contributed by atoms with van der Waals surface area (Å²) in [6, 6.07) is 14.2. The molecule has 3 aromatic rings. The summed E-state index contributed by atoms with van der Waals surface area (Å²) in [6.45, 7) is 0.207. The Kier molecular flexibility index (Phi) is 5.43. The molecule has 2 amide bonds. The standard InChI is InChI=1S/C18H17N3O4S/c19-16(22)11-26-15-8-4-1-5-12(15)20-17(23)9-10-21-13-6-2-3-7-14(13)25-18(21)24/h1-8H,9-11H2,(H2,19,22)(H,20,23). The fraction of sp³-hybridized carbons (Fsp3) is 0.167. The van der Waals surface area contributed by atoms with Crippen LogP contribution in [0.15, 0.2) is 62.6 Å². The van der Waals surface area contributed by atoms with Gasteiger partial charge in [0.25, 0.3) is 0 Å². The van der Waals surface area contributed by atoms with E-state index in [9.17, 15) is 14.4 Å². The third-order valence-corrected chi connectivity index (χ3v) is 4.76. The van der Waals surface area contributed by atoms with E-state index in [4.69, 9.17) is 10.2 Å². The lowest BCUT2D eigenvalue weighted by Gasteiger charge is -2.10. The summed E-state index contributed by atoms with van der Waals surface area (Å²) < 4.78 is 6.58. The van der Waals surface area contributed by atoms with Crippen molar-refractivity contribution >= 4 is 40.4 Å². The minimum atomic E-state index is -0.489. The second kappa shape index (κ2) is 7.92. The molecule has 0 spiro atoms. The monoisotopic (exact) mass is 371 g/mol. The van der Waals surface area contributed by atoms with Gasteiger partial charge in [-0.1, -0.05) is 24.3 Å². The van der Waals surface area contributed by atoms with Crippen LogP contribution in [0.5, 0.6) is 0 Å². The number of carbonyl (C=O) groups is 2. The van der Waals surface area contributed by atoms with Crippen LogP contribution in [0.3, 0.4) is 0 Å². The number of primary amides is 1.